The molecule has 4 nitrogen and oxygen atoms in total. The van der Waals surface area contributed by atoms with Crippen LogP contribution in [0.25, 0.3) is 10.9 Å². The van der Waals surface area contributed by atoms with Crippen molar-refractivity contribution in [2.24, 2.45) is 0 Å². The third-order valence-corrected chi connectivity index (χ3v) is 5.75. The summed E-state index contributed by atoms with van der Waals surface area (Å²) in [5, 5.41) is 0.852. The van der Waals surface area contributed by atoms with Crippen LogP contribution in [0.15, 0.2) is 59.6 Å². The molecule has 1 aliphatic heterocycles. The SMILES string of the molecule is Cc1ccc(N2C(=O)/C(=C/C(=O)c3c[nH]c4ccc(C)cc34)SC2=S)cc1. The Morgan fingerprint density at radius 2 is 1.81 bits per heavy atom. The molecule has 1 N–H and O–H groups in total. The van der Waals surface area contributed by atoms with Crippen molar-refractivity contribution in [1.29, 1.82) is 0 Å². The van der Waals surface area contributed by atoms with Crippen molar-refractivity contribution in [2.75, 3.05) is 4.90 Å². The Balaban J connectivity index is 1.66. The fraction of sp³-hybridized carbons (Fsp3) is 0.0952. The number of aryl methyl sites for hydroxylation is 2. The molecule has 0 aliphatic carbocycles. The molecule has 4 rings (SSSR count). The largest absolute Gasteiger partial charge is 0.360 e. The average molecular weight is 393 g/mol. The summed E-state index contributed by atoms with van der Waals surface area (Å²) in [5.41, 5.74) is 4.33. The number of allylic oxidation sites excluding steroid dienone is 1. The van der Waals surface area contributed by atoms with E-state index in [2.05, 4.69) is 4.98 Å². The molecule has 1 aromatic heterocycles. The molecule has 2 heterocycles. The monoisotopic (exact) mass is 392 g/mol. The molecule has 0 atom stereocenters. The number of anilines is 1. The van der Waals surface area contributed by atoms with E-state index < -0.39 is 0 Å². The number of nitrogens with zero attached hydrogens (tertiary/aromatic N) is 1. The number of thiocarbonyl (C=S) groups is 1. The predicted molar refractivity (Wildman–Crippen MR) is 114 cm³/mol. The summed E-state index contributed by atoms with van der Waals surface area (Å²) in [6.45, 7) is 3.96. The Kier molecular flexibility index (Phi) is 4.45. The van der Waals surface area contributed by atoms with Gasteiger partial charge < -0.3 is 4.98 Å². The minimum Gasteiger partial charge on any atom is -0.360 e. The number of amides is 1. The maximum absolute atomic E-state index is 12.8. The maximum Gasteiger partial charge on any atom is 0.270 e. The molecule has 134 valence electrons. The lowest BCUT2D eigenvalue weighted by Crippen LogP contribution is -2.27. The number of aromatic nitrogens is 1. The molecule has 1 saturated heterocycles. The van der Waals surface area contributed by atoms with Crippen molar-refractivity contribution < 1.29 is 9.59 Å². The van der Waals surface area contributed by atoms with E-state index in [0.717, 1.165) is 33.8 Å². The van der Waals surface area contributed by atoms with Crippen LogP contribution >= 0.6 is 24.0 Å². The number of carbonyl (C=O) groups excluding carboxylic acids is 2. The van der Waals surface area contributed by atoms with E-state index in [1.54, 1.807) is 6.20 Å². The lowest BCUT2D eigenvalue weighted by molar-refractivity contribution is -0.113. The van der Waals surface area contributed by atoms with Gasteiger partial charge in [-0.15, -0.1) is 0 Å². The molecule has 0 radical (unpaired) electrons. The van der Waals surface area contributed by atoms with Gasteiger partial charge in [0.1, 0.15) is 0 Å². The van der Waals surface area contributed by atoms with E-state index in [9.17, 15) is 9.59 Å². The van der Waals surface area contributed by atoms with Crippen LogP contribution in [0.4, 0.5) is 5.69 Å². The molecule has 27 heavy (non-hydrogen) atoms. The van der Waals surface area contributed by atoms with Gasteiger partial charge in [0.2, 0.25) is 0 Å². The number of thioether (sulfide) groups is 1. The molecule has 1 aliphatic rings. The van der Waals surface area contributed by atoms with Gasteiger partial charge in [0.05, 0.1) is 10.6 Å². The smallest absolute Gasteiger partial charge is 0.270 e. The first-order chi connectivity index (χ1) is 12.9. The van der Waals surface area contributed by atoms with Gasteiger partial charge in [0.25, 0.3) is 5.91 Å². The van der Waals surface area contributed by atoms with Crippen LogP contribution < -0.4 is 4.90 Å². The second kappa shape index (κ2) is 6.79. The summed E-state index contributed by atoms with van der Waals surface area (Å²) in [6, 6.07) is 13.5. The van der Waals surface area contributed by atoms with Gasteiger partial charge in [0.15, 0.2) is 10.1 Å². The highest BCUT2D eigenvalue weighted by atomic mass is 32.2. The van der Waals surface area contributed by atoms with E-state index >= 15 is 0 Å². The van der Waals surface area contributed by atoms with Crippen LogP contribution in [0.3, 0.4) is 0 Å². The minimum absolute atomic E-state index is 0.212. The number of fused-ring (bicyclic) bond motifs is 1. The molecule has 3 aromatic rings. The summed E-state index contributed by atoms with van der Waals surface area (Å²) >= 11 is 6.52. The van der Waals surface area contributed by atoms with Crippen molar-refractivity contribution >= 4 is 56.6 Å². The first-order valence-electron chi connectivity index (χ1n) is 8.41. The number of hydrogen-bond acceptors (Lipinski definition) is 4. The van der Waals surface area contributed by atoms with Crippen molar-refractivity contribution in [2.45, 2.75) is 13.8 Å². The van der Waals surface area contributed by atoms with Crippen LogP contribution in [0.1, 0.15) is 21.5 Å². The number of nitrogens with one attached hydrogen (secondary N) is 1. The molecule has 2 aromatic carbocycles. The first kappa shape index (κ1) is 17.7. The fourth-order valence-electron chi connectivity index (χ4n) is 3.02. The average Bonchev–Trinajstić information content (AvgIpc) is 3.17. The number of hydrogen-bond donors (Lipinski definition) is 1. The van der Waals surface area contributed by atoms with Crippen molar-refractivity contribution in [3.05, 3.63) is 76.3 Å². The van der Waals surface area contributed by atoms with Gasteiger partial charge in [-0.25, -0.2) is 0 Å². The third kappa shape index (κ3) is 3.22. The van der Waals surface area contributed by atoms with E-state index in [4.69, 9.17) is 12.2 Å². The van der Waals surface area contributed by atoms with Crippen molar-refractivity contribution in [1.82, 2.24) is 4.98 Å². The minimum atomic E-state index is -0.266. The highest BCUT2D eigenvalue weighted by molar-refractivity contribution is 8.27. The third-order valence-electron chi connectivity index (χ3n) is 4.45. The summed E-state index contributed by atoms with van der Waals surface area (Å²) in [7, 11) is 0. The number of carbonyl (C=O) groups is 2. The van der Waals surface area contributed by atoms with E-state index in [-0.39, 0.29) is 11.7 Å². The molecule has 6 heteroatoms. The van der Waals surface area contributed by atoms with Gasteiger partial charge >= 0.3 is 0 Å². The molecule has 0 bridgehead atoms. The quantitative estimate of drug-likeness (QED) is 0.391. The van der Waals surface area contributed by atoms with Crippen LogP contribution in [-0.2, 0) is 4.79 Å². The van der Waals surface area contributed by atoms with Crippen LogP contribution in [0, 0.1) is 13.8 Å². The van der Waals surface area contributed by atoms with E-state index in [1.165, 1.54) is 11.0 Å². The lowest BCUT2D eigenvalue weighted by atomic mass is 10.1. The highest BCUT2D eigenvalue weighted by Crippen LogP contribution is 2.35. The van der Waals surface area contributed by atoms with Crippen molar-refractivity contribution in [3.8, 4) is 0 Å². The maximum atomic E-state index is 12.8. The van der Waals surface area contributed by atoms with Gasteiger partial charge in [0, 0.05) is 28.7 Å². The topological polar surface area (TPSA) is 53.2 Å². The predicted octanol–water partition coefficient (Wildman–Crippen LogP) is 4.92. The van der Waals surface area contributed by atoms with Crippen LogP contribution in [-0.4, -0.2) is 21.0 Å². The van der Waals surface area contributed by atoms with E-state index in [1.807, 2.05) is 56.3 Å². The second-order valence-corrected chi connectivity index (χ2v) is 8.14. The zero-order valence-corrected chi connectivity index (χ0v) is 16.4. The summed E-state index contributed by atoms with van der Waals surface area (Å²) in [5.74, 6) is -0.477. The summed E-state index contributed by atoms with van der Waals surface area (Å²) < 4.78 is 0.428. The highest BCUT2D eigenvalue weighted by Gasteiger charge is 2.34. The molecule has 1 amide bonds. The molecular formula is C21H16N2O2S2. The molecular weight excluding hydrogens is 376 g/mol. The van der Waals surface area contributed by atoms with Gasteiger partial charge in [-0.2, -0.15) is 0 Å². The molecule has 0 spiro atoms. The zero-order chi connectivity index (χ0) is 19.1. The first-order valence-corrected chi connectivity index (χ1v) is 9.63. The molecule has 0 unspecified atom stereocenters. The van der Waals surface area contributed by atoms with Crippen molar-refractivity contribution in [3.63, 3.8) is 0 Å². The molecule has 1 fully saturated rings. The van der Waals surface area contributed by atoms with Crippen LogP contribution in [0.2, 0.25) is 0 Å². The normalized spacial score (nSPS) is 15.9. The Morgan fingerprint density at radius 1 is 1.11 bits per heavy atom. The standard InChI is InChI=1S/C21H16N2O2S2/c1-12-3-6-14(7-4-12)23-20(25)19(27-21(23)26)10-18(24)16-11-22-17-8-5-13(2)9-15(16)17/h3-11,22H,1-2H3/b19-10-. The Labute approximate surface area is 166 Å². The number of H-pyrrole nitrogens is 1. The summed E-state index contributed by atoms with van der Waals surface area (Å²) in [4.78, 5) is 30.5. The zero-order valence-electron chi connectivity index (χ0n) is 14.8. The fourth-order valence-corrected chi connectivity index (χ4v) is 4.29. The van der Waals surface area contributed by atoms with Gasteiger partial charge in [-0.3, -0.25) is 14.5 Å². The number of rotatable bonds is 3. The van der Waals surface area contributed by atoms with Crippen LogP contribution in [0.5, 0.6) is 0 Å². The van der Waals surface area contributed by atoms with E-state index in [0.29, 0.717) is 20.5 Å². The van der Waals surface area contributed by atoms with Gasteiger partial charge in [-0.1, -0.05) is 53.3 Å². The number of aromatic amines is 1. The Morgan fingerprint density at radius 3 is 2.56 bits per heavy atom. The Bertz CT molecular complexity index is 1130. The Hall–Kier alpha value is -2.70. The summed E-state index contributed by atoms with van der Waals surface area (Å²) in [6.07, 6.45) is 3.07. The molecule has 0 saturated carbocycles. The number of ketones is 1. The van der Waals surface area contributed by atoms with Gasteiger partial charge in [-0.05, 0) is 38.1 Å². The number of benzene rings is 2. The lowest BCUT2D eigenvalue weighted by Gasteiger charge is -2.14. The second-order valence-electron chi connectivity index (χ2n) is 6.47.